The first-order valence-electron chi connectivity index (χ1n) is 9.52. The van der Waals surface area contributed by atoms with Gasteiger partial charge in [-0.3, -0.25) is 0 Å². The summed E-state index contributed by atoms with van der Waals surface area (Å²) in [5.41, 5.74) is 0.729. The van der Waals surface area contributed by atoms with Gasteiger partial charge in [0.05, 0.1) is 6.16 Å². The Kier molecular flexibility index (Phi) is 7.47. The van der Waals surface area contributed by atoms with Gasteiger partial charge in [0.2, 0.25) is 29.1 Å². The van der Waals surface area contributed by atoms with Crippen molar-refractivity contribution in [3.05, 3.63) is 126 Å². The highest BCUT2D eigenvalue weighted by Gasteiger charge is 2.52. The third-order valence-electron chi connectivity index (χ3n) is 5.22. The molecule has 0 saturated heterocycles. The van der Waals surface area contributed by atoms with Crippen LogP contribution in [0, 0.1) is 29.1 Å². The van der Waals surface area contributed by atoms with Crippen molar-refractivity contribution in [2.75, 3.05) is 0 Å². The summed E-state index contributed by atoms with van der Waals surface area (Å²) in [5, 5.41) is 0.284. The Morgan fingerprint density at radius 3 is 1.22 bits per heavy atom. The normalized spacial score (nSPS) is 11.2. The van der Waals surface area contributed by atoms with Crippen LogP contribution in [0.3, 0.4) is 0 Å². The summed E-state index contributed by atoms with van der Waals surface area (Å²) in [6.07, 6.45) is 0.0974. The van der Waals surface area contributed by atoms with Gasteiger partial charge in [-0.15, -0.1) is 0 Å². The molecule has 4 rings (SSSR count). The van der Waals surface area contributed by atoms with E-state index < -0.39 is 41.7 Å². The minimum absolute atomic E-state index is 0. The molecule has 0 saturated carbocycles. The summed E-state index contributed by atoms with van der Waals surface area (Å²) in [4.78, 5) is 0. The molecule has 0 bridgehead atoms. The van der Waals surface area contributed by atoms with Crippen LogP contribution in [0.2, 0.25) is 0 Å². The molecule has 0 atom stereocenters. The first-order valence-corrected chi connectivity index (χ1v) is 11.5. The Bertz CT molecular complexity index is 1130. The molecule has 0 unspecified atom stereocenters. The van der Waals surface area contributed by atoms with Gasteiger partial charge in [0.25, 0.3) is 0 Å². The van der Waals surface area contributed by atoms with Crippen LogP contribution in [0.15, 0.2) is 91.0 Å². The van der Waals surface area contributed by atoms with Gasteiger partial charge in [0, 0.05) is 0 Å². The number of hydrogen-bond donors (Lipinski definition) is 0. The van der Waals surface area contributed by atoms with Crippen LogP contribution in [-0.4, -0.2) is 0 Å². The maximum atomic E-state index is 15.3. The summed E-state index contributed by atoms with van der Waals surface area (Å²) in [6.45, 7) is 0. The lowest BCUT2D eigenvalue weighted by Crippen LogP contribution is -3.00. The highest BCUT2D eigenvalue weighted by molar-refractivity contribution is 7.95. The molecule has 0 amide bonds. The van der Waals surface area contributed by atoms with Gasteiger partial charge in [-0.05, 0) is 29.8 Å². The number of benzene rings is 4. The van der Waals surface area contributed by atoms with Crippen molar-refractivity contribution in [1.29, 1.82) is 0 Å². The third-order valence-corrected chi connectivity index (χ3v) is 9.58. The summed E-state index contributed by atoms with van der Waals surface area (Å²) in [7, 11) is -3.32. The van der Waals surface area contributed by atoms with Gasteiger partial charge >= 0.3 is 0 Å². The molecule has 0 heterocycles. The first-order chi connectivity index (χ1) is 15.0. The molecule has 7 heteroatoms. The molecule has 0 N–H and O–H groups in total. The fourth-order valence-electron chi connectivity index (χ4n) is 3.82. The molecule has 0 radical (unpaired) electrons. The average Bonchev–Trinajstić information content (AvgIpc) is 2.82. The Morgan fingerprint density at radius 2 is 0.812 bits per heavy atom. The molecule has 164 valence electrons. The number of rotatable bonds is 5. The molecule has 4 aromatic carbocycles. The fourth-order valence-corrected chi connectivity index (χ4v) is 8.14. The Hall–Kier alpha value is -2.56. The predicted molar refractivity (Wildman–Crippen MR) is 115 cm³/mol. The second-order valence-electron chi connectivity index (χ2n) is 7.04. The Morgan fingerprint density at radius 1 is 0.469 bits per heavy atom. The van der Waals surface area contributed by atoms with Crippen molar-refractivity contribution in [2.45, 2.75) is 6.16 Å². The van der Waals surface area contributed by atoms with Gasteiger partial charge in [-0.1, -0.05) is 66.7 Å². The fraction of sp³-hybridized carbons (Fsp3) is 0.0400. The van der Waals surface area contributed by atoms with Crippen LogP contribution < -0.4 is 32.9 Å². The molecule has 0 aliphatic rings. The van der Waals surface area contributed by atoms with E-state index in [9.17, 15) is 13.2 Å². The van der Waals surface area contributed by atoms with Gasteiger partial charge in [-0.2, -0.15) is 8.78 Å². The van der Waals surface area contributed by atoms with Gasteiger partial charge in [-0.25, -0.2) is 13.2 Å². The second-order valence-corrected chi connectivity index (χ2v) is 10.5. The predicted octanol–water partition coefficient (Wildman–Crippen LogP) is 2.88. The van der Waals surface area contributed by atoms with Gasteiger partial charge < -0.3 is 17.0 Å². The summed E-state index contributed by atoms with van der Waals surface area (Å²) < 4.78 is 73.2. The molecule has 0 spiro atoms. The third kappa shape index (κ3) is 4.10. The monoisotopic (exact) mass is 522 g/mol. The molecular weight excluding hydrogens is 506 g/mol. The maximum Gasteiger partial charge on any atom is 0.207 e. The van der Waals surface area contributed by atoms with Crippen molar-refractivity contribution in [2.24, 2.45) is 0 Å². The van der Waals surface area contributed by atoms with Crippen molar-refractivity contribution in [3.8, 4) is 0 Å². The summed E-state index contributed by atoms with van der Waals surface area (Å²) in [5.74, 6) is -9.59. The van der Waals surface area contributed by atoms with Crippen LogP contribution in [0.1, 0.15) is 5.56 Å². The van der Waals surface area contributed by atoms with Crippen LogP contribution in [0.25, 0.3) is 0 Å². The van der Waals surface area contributed by atoms with Gasteiger partial charge in [0.1, 0.15) is 17.9 Å². The van der Waals surface area contributed by atoms with E-state index in [0.29, 0.717) is 10.6 Å². The maximum absolute atomic E-state index is 15.3. The van der Waals surface area contributed by atoms with Crippen LogP contribution in [-0.2, 0) is 6.16 Å². The smallest absolute Gasteiger partial charge is 0.207 e. The zero-order valence-electron chi connectivity index (χ0n) is 16.6. The van der Waals surface area contributed by atoms with Crippen LogP contribution in [0.5, 0.6) is 0 Å². The SMILES string of the molecule is Fc1c(F)c(F)c([P+](Cc2ccccc2)(c2ccccc2)c2ccccc2)c(F)c1F.[Br-]. The molecule has 32 heavy (non-hydrogen) atoms. The van der Waals surface area contributed by atoms with E-state index in [1.807, 2.05) is 0 Å². The molecule has 0 aromatic heterocycles. The highest BCUT2D eigenvalue weighted by Crippen LogP contribution is 2.59. The lowest BCUT2D eigenvalue weighted by molar-refractivity contribution is -0.00000859. The van der Waals surface area contributed by atoms with Crippen molar-refractivity contribution < 1.29 is 38.9 Å². The molecule has 0 nitrogen and oxygen atoms in total. The summed E-state index contributed by atoms with van der Waals surface area (Å²) in [6, 6.07) is 25.9. The van der Waals surface area contributed by atoms with E-state index in [1.54, 1.807) is 91.0 Å². The van der Waals surface area contributed by atoms with E-state index >= 15 is 8.78 Å². The minimum atomic E-state index is -3.32. The Balaban J connectivity index is 0.00000289. The molecule has 0 aliphatic heterocycles. The second kappa shape index (κ2) is 9.93. The zero-order chi connectivity index (χ0) is 22.0. The van der Waals surface area contributed by atoms with Gasteiger partial charge in [0.15, 0.2) is 5.30 Å². The van der Waals surface area contributed by atoms with Crippen LogP contribution >= 0.6 is 7.26 Å². The molecule has 0 fully saturated rings. The minimum Gasteiger partial charge on any atom is -1.00 e. The van der Waals surface area contributed by atoms with Crippen molar-refractivity contribution in [3.63, 3.8) is 0 Å². The standard InChI is InChI=1S/C25H17F5P.BrH/c26-20-21(27)23(29)25(24(30)22(20)28)31(18-12-6-2-7-13-18,19-14-8-3-9-15-19)16-17-10-4-1-5-11-17;/h1-15H,16H2;1H/q+1;/p-1. The quantitative estimate of drug-likeness (QED) is 0.164. The van der Waals surface area contributed by atoms with Crippen molar-refractivity contribution in [1.82, 2.24) is 0 Å². The van der Waals surface area contributed by atoms with Crippen molar-refractivity contribution >= 4 is 23.2 Å². The topological polar surface area (TPSA) is 0 Å². The van der Waals surface area contributed by atoms with Crippen LogP contribution in [0.4, 0.5) is 22.0 Å². The van der Waals surface area contributed by atoms with E-state index in [2.05, 4.69) is 0 Å². The lowest BCUT2D eigenvalue weighted by atomic mass is 10.2. The first kappa shape index (κ1) is 24.1. The van der Waals surface area contributed by atoms with E-state index in [0.717, 1.165) is 5.56 Å². The van der Waals surface area contributed by atoms with E-state index in [4.69, 9.17) is 0 Å². The zero-order valence-corrected chi connectivity index (χ0v) is 19.1. The molecular formula is C25H17BrF5P. The van der Waals surface area contributed by atoms with E-state index in [-0.39, 0.29) is 23.1 Å². The highest BCUT2D eigenvalue weighted by atomic mass is 79.9. The number of halogens is 6. The molecule has 0 aliphatic carbocycles. The van der Waals surface area contributed by atoms with E-state index in [1.165, 1.54) is 0 Å². The summed E-state index contributed by atoms with van der Waals surface area (Å²) >= 11 is 0. The largest absolute Gasteiger partial charge is 1.00 e. The Labute approximate surface area is 193 Å². The average molecular weight is 523 g/mol. The molecule has 4 aromatic rings. The lowest BCUT2D eigenvalue weighted by Gasteiger charge is -2.28. The number of hydrogen-bond acceptors (Lipinski definition) is 0.